The highest BCUT2D eigenvalue weighted by Crippen LogP contribution is 2.30. The van der Waals surface area contributed by atoms with Crippen LogP contribution in [0.5, 0.6) is 0 Å². The lowest BCUT2D eigenvalue weighted by Crippen LogP contribution is -2.62. The van der Waals surface area contributed by atoms with E-state index in [-0.39, 0.29) is 11.9 Å². The van der Waals surface area contributed by atoms with E-state index in [0.29, 0.717) is 11.3 Å². The predicted molar refractivity (Wildman–Crippen MR) is 77.0 cm³/mol. The fourth-order valence-corrected chi connectivity index (χ4v) is 4.21. The van der Waals surface area contributed by atoms with E-state index >= 15 is 0 Å². The van der Waals surface area contributed by atoms with Gasteiger partial charge in [0.15, 0.2) is 0 Å². The quantitative estimate of drug-likeness (QED) is 0.799. The Morgan fingerprint density at radius 1 is 1.44 bits per heavy atom. The van der Waals surface area contributed by atoms with Crippen molar-refractivity contribution < 1.29 is 4.79 Å². The maximum absolute atomic E-state index is 12.3. The van der Waals surface area contributed by atoms with Crippen LogP contribution in [0, 0.1) is 0 Å². The Bertz CT molecular complexity index is 298. The van der Waals surface area contributed by atoms with Gasteiger partial charge in [-0.05, 0) is 18.6 Å². The zero-order chi connectivity index (χ0) is 13.1. The van der Waals surface area contributed by atoms with Gasteiger partial charge in [0.05, 0.1) is 0 Å². The SMILES string of the molecule is CC1SCCCC1N1CCNCC1C(=O)N(C)C. The molecule has 0 aliphatic carbocycles. The highest BCUT2D eigenvalue weighted by molar-refractivity contribution is 7.99. The number of likely N-dealkylation sites (N-methyl/N-ethyl adjacent to an activating group) is 1. The minimum atomic E-state index is 0.0277. The molecule has 3 atom stereocenters. The van der Waals surface area contributed by atoms with Crippen LogP contribution in [0.1, 0.15) is 19.8 Å². The topological polar surface area (TPSA) is 35.6 Å². The number of rotatable bonds is 2. The molecule has 2 rings (SSSR count). The van der Waals surface area contributed by atoms with Gasteiger partial charge in [0.1, 0.15) is 6.04 Å². The highest BCUT2D eigenvalue weighted by atomic mass is 32.2. The van der Waals surface area contributed by atoms with Gasteiger partial charge in [0.25, 0.3) is 0 Å². The molecule has 0 saturated carbocycles. The van der Waals surface area contributed by atoms with Crippen molar-refractivity contribution in [3.63, 3.8) is 0 Å². The summed E-state index contributed by atoms with van der Waals surface area (Å²) in [6.45, 7) is 5.11. The van der Waals surface area contributed by atoms with Gasteiger partial charge in [-0.2, -0.15) is 11.8 Å². The number of hydrogen-bond donors (Lipinski definition) is 1. The van der Waals surface area contributed by atoms with Crippen molar-refractivity contribution in [2.45, 2.75) is 37.1 Å². The normalized spacial score (nSPS) is 34.3. The zero-order valence-electron chi connectivity index (χ0n) is 11.7. The first kappa shape index (κ1) is 14.2. The summed E-state index contributed by atoms with van der Waals surface area (Å²) in [6.07, 6.45) is 2.53. The number of amides is 1. The molecule has 18 heavy (non-hydrogen) atoms. The van der Waals surface area contributed by atoms with Crippen LogP contribution in [0.15, 0.2) is 0 Å². The van der Waals surface area contributed by atoms with E-state index in [1.54, 1.807) is 4.90 Å². The molecule has 0 bridgehead atoms. The van der Waals surface area contributed by atoms with Crippen molar-refractivity contribution in [3.8, 4) is 0 Å². The Balaban J connectivity index is 2.09. The van der Waals surface area contributed by atoms with E-state index in [1.807, 2.05) is 14.1 Å². The molecule has 2 aliphatic heterocycles. The number of carbonyl (C=O) groups is 1. The van der Waals surface area contributed by atoms with E-state index in [0.717, 1.165) is 19.6 Å². The smallest absolute Gasteiger partial charge is 0.240 e. The number of nitrogens with zero attached hydrogens (tertiary/aromatic N) is 2. The summed E-state index contributed by atoms with van der Waals surface area (Å²) < 4.78 is 0. The van der Waals surface area contributed by atoms with E-state index in [1.165, 1.54) is 18.6 Å². The van der Waals surface area contributed by atoms with E-state index < -0.39 is 0 Å². The number of hydrogen-bond acceptors (Lipinski definition) is 4. The summed E-state index contributed by atoms with van der Waals surface area (Å²) in [4.78, 5) is 16.5. The highest BCUT2D eigenvalue weighted by Gasteiger charge is 2.37. The first-order chi connectivity index (χ1) is 8.61. The molecule has 1 N–H and O–H groups in total. The fourth-order valence-electron chi connectivity index (χ4n) is 2.99. The van der Waals surface area contributed by atoms with Crippen molar-refractivity contribution in [3.05, 3.63) is 0 Å². The minimum Gasteiger partial charge on any atom is -0.347 e. The average molecular weight is 271 g/mol. The van der Waals surface area contributed by atoms with Crippen molar-refractivity contribution in [2.24, 2.45) is 0 Å². The van der Waals surface area contributed by atoms with Crippen LogP contribution >= 0.6 is 11.8 Å². The van der Waals surface area contributed by atoms with Gasteiger partial charge in [-0.25, -0.2) is 0 Å². The standard InChI is InChI=1S/C13H25N3OS/c1-10-11(5-4-8-18-10)16-7-6-14-9-12(16)13(17)15(2)3/h10-12,14H,4-9H2,1-3H3. The monoisotopic (exact) mass is 271 g/mol. The Morgan fingerprint density at radius 3 is 2.89 bits per heavy atom. The third kappa shape index (κ3) is 3.00. The van der Waals surface area contributed by atoms with Crippen LogP contribution in [0.2, 0.25) is 0 Å². The molecule has 0 spiro atoms. The van der Waals surface area contributed by atoms with Crippen molar-refractivity contribution in [1.82, 2.24) is 15.1 Å². The molecule has 2 saturated heterocycles. The van der Waals surface area contributed by atoms with E-state index in [9.17, 15) is 4.79 Å². The molecule has 2 aliphatic rings. The molecule has 0 aromatic carbocycles. The van der Waals surface area contributed by atoms with E-state index in [4.69, 9.17) is 0 Å². The van der Waals surface area contributed by atoms with Crippen LogP contribution in [-0.4, -0.2) is 72.5 Å². The molecule has 2 heterocycles. The summed E-state index contributed by atoms with van der Waals surface area (Å²) in [5.41, 5.74) is 0. The molecule has 104 valence electrons. The first-order valence-corrected chi connectivity index (χ1v) is 7.95. The fraction of sp³-hybridized carbons (Fsp3) is 0.923. The number of nitrogens with one attached hydrogen (secondary N) is 1. The maximum Gasteiger partial charge on any atom is 0.240 e. The van der Waals surface area contributed by atoms with Gasteiger partial charge in [0.2, 0.25) is 5.91 Å². The van der Waals surface area contributed by atoms with Crippen LogP contribution in [0.4, 0.5) is 0 Å². The molecule has 3 unspecified atom stereocenters. The third-order valence-electron chi connectivity index (χ3n) is 4.00. The Hall–Kier alpha value is -0.260. The maximum atomic E-state index is 12.3. The Kier molecular flexibility index (Phi) is 4.92. The summed E-state index contributed by atoms with van der Waals surface area (Å²) in [7, 11) is 3.71. The van der Waals surface area contributed by atoms with Crippen molar-refractivity contribution in [2.75, 3.05) is 39.5 Å². The summed E-state index contributed by atoms with van der Waals surface area (Å²) in [5, 5.41) is 4.01. The Labute approximate surface area is 114 Å². The molecule has 0 aromatic heterocycles. The summed E-state index contributed by atoms with van der Waals surface area (Å²) in [5.74, 6) is 1.51. The van der Waals surface area contributed by atoms with Crippen LogP contribution in [0.25, 0.3) is 0 Å². The van der Waals surface area contributed by atoms with Gasteiger partial charge in [-0.3, -0.25) is 9.69 Å². The molecule has 0 aromatic rings. The average Bonchev–Trinajstić information content (AvgIpc) is 2.38. The largest absolute Gasteiger partial charge is 0.347 e. The lowest BCUT2D eigenvalue weighted by molar-refractivity contribution is -0.136. The lowest BCUT2D eigenvalue weighted by Gasteiger charge is -2.45. The lowest BCUT2D eigenvalue weighted by atomic mass is 10.0. The molecule has 4 nitrogen and oxygen atoms in total. The second-order valence-electron chi connectivity index (χ2n) is 5.48. The van der Waals surface area contributed by atoms with Gasteiger partial charge in [0, 0.05) is 45.0 Å². The van der Waals surface area contributed by atoms with Crippen LogP contribution in [0.3, 0.4) is 0 Å². The van der Waals surface area contributed by atoms with E-state index in [2.05, 4.69) is 28.9 Å². The predicted octanol–water partition coefficient (Wildman–Crippen LogP) is 0.633. The molecule has 5 heteroatoms. The van der Waals surface area contributed by atoms with Crippen molar-refractivity contribution in [1.29, 1.82) is 0 Å². The summed E-state index contributed by atoms with van der Waals surface area (Å²) >= 11 is 2.05. The van der Waals surface area contributed by atoms with Gasteiger partial charge in [-0.1, -0.05) is 6.92 Å². The second-order valence-corrected chi connectivity index (χ2v) is 6.96. The van der Waals surface area contributed by atoms with Gasteiger partial charge in [-0.15, -0.1) is 0 Å². The zero-order valence-corrected chi connectivity index (χ0v) is 12.5. The molecular weight excluding hydrogens is 246 g/mol. The molecule has 0 radical (unpaired) electrons. The van der Waals surface area contributed by atoms with Crippen LogP contribution < -0.4 is 5.32 Å². The second kappa shape index (κ2) is 6.26. The number of carbonyl (C=O) groups excluding carboxylic acids is 1. The van der Waals surface area contributed by atoms with Gasteiger partial charge >= 0.3 is 0 Å². The molecule has 1 amide bonds. The molecule has 2 fully saturated rings. The summed E-state index contributed by atoms with van der Waals surface area (Å²) in [6, 6.07) is 0.597. The van der Waals surface area contributed by atoms with Crippen LogP contribution in [-0.2, 0) is 4.79 Å². The first-order valence-electron chi connectivity index (χ1n) is 6.90. The van der Waals surface area contributed by atoms with Crippen molar-refractivity contribution >= 4 is 17.7 Å². The molecular formula is C13H25N3OS. The van der Waals surface area contributed by atoms with Gasteiger partial charge < -0.3 is 10.2 Å². The third-order valence-corrected chi connectivity index (χ3v) is 5.37. The minimum absolute atomic E-state index is 0.0277. The Morgan fingerprint density at radius 2 is 2.22 bits per heavy atom. The number of piperazine rings is 1. The number of thioether (sulfide) groups is 1.